The van der Waals surface area contributed by atoms with Crippen LogP contribution in [0.5, 0.6) is 11.5 Å². The SMILES string of the molecule is CCNC(=O)[C@@H](Cc1ccccc1)N(Cc1ccc(F)cc1)C(=O)CN(c1ccc2c(c1)OCO2)S(C)(=O)=O. The zero-order valence-electron chi connectivity index (χ0n) is 21.7. The van der Waals surface area contributed by atoms with Gasteiger partial charge in [0.1, 0.15) is 18.4 Å². The molecule has 0 fully saturated rings. The molecule has 4 rings (SSSR count). The van der Waals surface area contributed by atoms with Crippen LogP contribution >= 0.6 is 0 Å². The monoisotopic (exact) mass is 555 g/mol. The van der Waals surface area contributed by atoms with E-state index in [9.17, 15) is 22.4 Å². The Labute approximate surface area is 227 Å². The summed E-state index contributed by atoms with van der Waals surface area (Å²) >= 11 is 0. The molecule has 1 N–H and O–H groups in total. The smallest absolute Gasteiger partial charge is 0.244 e. The molecule has 0 saturated carbocycles. The van der Waals surface area contributed by atoms with Gasteiger partial charge in [-0.05, 0) is 42.3 Å². The van der Waals surface area contributed by atoms with E-state index in [2.05, 4.69) is 5.32 Å². The predicted octanol–water partition coefficient (Wildman–Crippen LogP) is 3.10. The lowest BCUT2D eigenvalue weighted by atomic mass is 10.0. The van der Waals surface area contributed by atoms with Gasteiger partial charge in [0.15, 0.2) is 11.5 Å². The Hall–Kier alpha value is -4.12. The lowest BCUT2D eigenvalue weighted by Crippen LogP contribution is -2.53. The molecule has 2 amide bonds. The maximum Gasteiger partial charge on any atom is 0.244 e. The van der Waals surface area contributed by atoms with Gasteiger partial charge in [-0.1, -0.05) is 42.5 Å². The number of fused-ring (bicyclic) bond motifs is 1. The highest BCUT2D eigenvalue weighted by Crippen LogP contribution is 2.36. The minimum absolute atomic E-state index is 0.00967. The van der Waals surface area contributed by atoms with Gasteiger partial charge in [0, 0.05) is 25.6 Å². The van der Waals surface area contributed by atoms with Crippen LogP contribution in [0.1, 0.15) is 18.1 Å². The van der Waals surface area contributed by atoms with Gasteiger partial charge in [0.05, 0.1) is 11.9 Å². The maximum absolute atomic E-state index is 13.9. The summed E-state index contributed by atoms with van der Waals surface area (Å²) in [5.74, 6) is -0.593. The topological polar surface area (TPSA) is 105 Å². The second-order valence-corrected chi connectivity index (χ2v) is 11.0. The normalized spacial score (nSPS) is 13.0. The molecule has 0 saturated heterocycles. The minimum atomic E-state index is -3.92. The van der Waals surface area contributed by atoms with Crippen molar-refractivity contribution in [3.8, 4) is 11.5 Å². The zero-order valence-corrected chi connectivity index (χ0v) is 22.5. The van der Waals surface area contributed by atoms with Crippen LogP contribution < -0.4 is 19.1 Å². The van der Waals surface area contributed by atoms with Crippen molar-refractivity contribution >= 4 is 27.5 Å². The summed E-state index contributed by atoms with van der Waals surface area (Å²) in [6, 6.07) is 18.4. The summed E-state index contributed by atoms with van der Waals surface area (Å²) < 4.78 is 51.0. The minimum Gasteiger partial charge on any atom is -0.454 e. The summed E-state index contributed by atoms with van der Waals surface area (Å²) in [6.45, 7) is 1.52. The first-order valence-electron chi connectivity index (χ1n) is 12.4. The molecule has 0 aromatic heterocycles. The Balaban J connectivity index is 1.71. The summed E-state index contributed by atoms with van der Waals surface area (Å²) in [5, 5.41) is 2.78. The second kappa shape index (κ2) is 12.2. The Morgan fingerprint density at radius 3 is 2.33 bits per heavy atom. The third kappa shape index (κ3) is 7.05. The summed E-state index contributed by atoms with van der Waals surface area (Å²) in [4.78, 5) is 28.6. The molecule has 1 aliphatic heterocycles. The van der Waals surface area contributed by atoms with E-state index in [1.165, 1.54) is 41.3 Å². The molecule has 0 radical (unpaired) electrons. The molecule has 3 aromatic carbocycles. The molecule has 11 heteroatoms. The van der Waals surface area contributed by atoms with Gasteiger partial charge >= 0.3 is 0 Å². The Morgan fingerprint density at radius 1 is 0.974 bits per heavy atom. The number of carbonyl (C=O) groups is 2. The first-order valence-corrected chi connectivity index (χ1v) is 14.2. The van der Waals surface area contributed by atoms with E-state index in [0.717, 1.165) is 16.1 Å². The number of amides is 2. The Bertz CT molecular complexity index is 1420. The van der Waals surface area contributed by atoms with Gasteiger partial charge in [-0.2, -0.15) is 0 Å². The molecule has 1 heterocycles. The average molecular weight is 556 g/mol. The lowest BCUT2D eigenvalue weighted by Gasteiger charge is -2.33. The van der Waals surface area contributed by atoms with Crippen LogP contribution in [-0.2, 0) is 32.6 Å². The van der Waals surface area contributed by atoms with E-state index in [1.54, 1.807) is 13.0 Å². The number of hydrogen-bond donors (Lipinski definition) is 1. The van der Waals surface area contributed by atoms with Gasteiger partial charge in [0.25, 0.3) is 0 Å². The number of halogens is 1. The summed E-state index contributed by atoms with van der Waals surface area (Å²) in [5.41, 5.74) is 1.62. The molecule has 206 valence electrons. The third-order valence-corrected chi connectivity index (χ3v) is 7.35. The fourth-order valence-electron chi connectivity index (χ4n) is 4.29. The average Bonchev–Trinajstić information content (AvgIpc) is 3.38. The van der Waals surface area contributed by atoms with Crippen LogP contribution in [0.4, 0.5) is 10.1 Å². The van der Waals surface area contributed by atoms with E-state index in [1.807, 2.05) is 30.3 Å². The van der Waals surface area contributed by atoms with Crippen molar-refractivity contribution in [2.75, 3.05) is 30.4 Å². The Kier molecular flexibility index (Phi) is 8.70. The molecular formula is C28H30FN3O6S. The van der Waals surface area contributed by atoms with Gasteiger partial charge in [-0.3, -0.25) is 13.9 Å². The zero-order chi connectivity index (χ0) is 28.0. The molecule has 0 unspecified atom stereocenters. The molecule has 39 heavy (non-hydrogen) atoms. The molecule has 1 atom stereocenters. The molecule has 0 aliphatic carbocycles. The van der Waals surface area contributed by atoms with Crippen LogP contribution in [0, 0.1) is 5.82 Å². The third-order valence-electron chi connectivity index (χ3n) is 6.21. The lowest BCUT2D eigenvalue weighted by molar-refractivity contribution is -0.140. The van der Waals surface area contributed by atoms with Gasteiger partial charge in [-0.15, -0.1) is 0 Å². The fourth-order valence-corrected chi connectivity index (χ4v) is 5.13. The van der Waals surface area contributed by atoms with Crippen molar-refractivity contribution in [1.82, 2.24) is 10.2 Å². The van der Waals surface area contributed by atoms with Crippen molar-refractivity contribution in [1.29, 1.82) is 0 Å². The van der Waals surface area contributed by atoms with Crippen LogP contribution in [0.2, 0.25) is 0 Å². The van der Waals surface area contributed by atoms with E-state index < -0.39 is 34.3 Å². The van der Waals surface area contributed by atoms with Crippen LogP contribution in [0.3, 0.4) is 0 Å². The van der Waals surface area contributed by atoms with E-state index in [4.69, 9.17) is 9.47 Å². The molecule has 3 aromatic rings. The van der Waals surface area contributed by atoms with Crippen LogP contribution in [0.15, 0.2) is 72.8 Å². The standard InChI is InChI=1S/C28H30FN3O6S/c1-3-30-28(34)24(15-20-7-5-4-6-8-20)31(17-21-9-11-22(29)12-10-21)27(33)18-32(39(2,35)36)23-13-14-25-26(16-23)38-19-37-25/h4-14,16,24H,3,15,17-19H2,1-2H3,(H,30,34)/t24-/m1/s1. The van der Waals surface area contributed by atoms with E-state index in [-0.39, 0.29) is 31.4 Å². The van der Waals surface area contributed by atoms with Crippen molar-refractivity contribution in [3.05, 3.63) is 89.7 Å². The molecule has 9 nitrogen and oxygen atoms in total. The second-order valence-electron chi connectivity index (χ2n) is 9.06. The molecule has 0 bridgehead atoms. The predicted molar refractivity (Wildman–Crippen MR) is 144 cm³/mol. The number of likely N-dealkylation sites (N-methyl/N-ethyl adjacent to an activating group) is 1. The van der Waals surface area contributed by atoms with Crippen LogP contribution in [0.25, 0.3) is 0 Å². The van der Waals surface area contributed by atoms with Crippen molar-refractivity contribution in [3.63, 3.8) is 0 Å². The number of ether oxygens (including phenoxy) is 2. The molecular weight excluding hydrogens is 525 g/mol. The fraction of sp³-hybridized carbons (Fsp3) is 0.286. The highest BCUT2D eigenvalue weighted by Gasteiger charge is 2.33. The number of carbonyl (C=O) groups excluding carboxylic acids is 2. The van der Waals surface area contributed by atoms with E-state index >= 15 is 0 Å². The highest BCUT2D eigenvalue weighted by atomic mass is 32.2. The number of nitrogens with zero attached hydrogens (tertiary/aromatic N) is 2. The maximum atomic E-state index is 13.9. The number of anilines is 1. The summed E-state index contributed by atoms with van der Waals surface area (Å²) in [7, 11) is -3.92. The molecule has 0 spiro atoms. The molecule has 1 aliphatic rings. The first-order chi connectivity index (χ1) is 18.7. The van der Waals surface area contributed by atoms with Gasteiger partial charge in [-0.25, -0.2) is 12.8 Å². The Morgan fingerprint density at radius 2 is 1.67 bits per heavy atom. The number of sulfonamides is 1. The largest absolute Gasteiger partial charge is 0.454 e. The van der Waals surface area contributed by atoms with Crippen molar-refractivity contribution in [2.45, 2.75) is 25.9 Å². The first kappa shape index (κ1) is 27.9. The number of benzene rings is 3. The van der Waals surface area contributed by atoms with Crippen molar-refractivity contribution < 1.29 is 31.9 Å². The highest BCUT2D eigenvalue weighted by molar-refractivity contribution is 7.92. The quantitative estimate of drug-likeness (QED) is 0.390. The van der Waals surface area contributed by atoms with Gasteiger partial charge in [0.2, 0.25) is 28.6 Å². The van der Waals surface area contributed by atoms with E-state index in [0.29, 0.717) is 23.6 Å². The number of rotatable bonds is 11. The summed E-state index contributed by atoms with van der Waals surface area (Å²) in [6.07, 6.45) is 1.20. The number of hydrogen-bond acceptors (Lipinski definition) is 6. The van der Waals surface area contributed by atoms with Crippen molar-refractivity contribution in [2.24, 2.45) is 0 Å². The van der Waals surface area contributed by atoms with Gasteiger partial charge < -0.3 is 19.7 Å². The number of nitrogens with one attached hydrogen (secondary N) is 1. The van der Waals surface area contributed by atoms with Crippen LogP contribution in [-0.4, -0.2) is 57.3 Å².